The average Bonchev–Trinajstić information content (AvgIpc) is 3.35. The zero-order chi connectivity index (χ0) is 18.1. The molecule has 5 heterocycles. The van der Waals surface area contributed by atoms with Gasteiger partial charge in [0.15, 0.2) is 16.9 Å². The SMILES string of the molecule is Cc1ccc2c(sc3ncccc32)c1-c1c2nc3ccon3c2nc[n+]1C. The fourth-order valence-electron chi connectivity index (χ4n) is 3.78. The van der Waals surface area contributed by atoms with Gasteiger partial charge in [-0.3, -0.25) is 0 Å². The quantitative estimate of drug-likeness (QED) is 0.409. The molecule has 0 aliphatic heterocycles. The van der Waals surface area contributed by atoms with Gasteiger partial charge in [-0.2, -0.15) is 0 Å². The Kier molecular flexibility index (Phi) is 2.80. The highest BCUT2D eigenvalue weighted by Crippen LogP contribution is 2.41. The summed E-state index contributed by atoms with van der Waals surface area (Å²) >= 11 is 1.72. The summed E-state index contributed by atoms with van der Waals surface area (Å²) in [5, 5.41) is 2.40. The molecular formula is C20H14N5OS+. The smallest absolute Gasteiger partial charge is 0.312 e. The molecule has 0 atom stereocenters. The number of aryl methyl sites for hydroxylation is 2. The molecule has 130 valence electrons. The Bertz CT molecular complexity index is 1510. The van der Waals surface area contributed by atoms with Gasteiger partial charge in [0, 0.05) is 33.3 Å². The summed E-state index contributed by atoms with van der Waals surface area (Å²) in [7, 11) is 2.01. The third-order valence-electron chi connectivity index (χ3n) is 5.02. The molecule has 0 saturated carbocycles. The Morgan fingerprint density at radius 3 is 2.96 bits per heavy atom. The monoisotopic (exact) mass is 372 g/mol. The number of aromatic nitrogens is 5. The Morgan fingerprint density at radius 2 is 2.04 bits per heavy atom. The molecule has 0 amide bonds. The van der Waals surface area contributed by atoms with Crippen LogP contribution in [0.3, 0.4) is 0 Å². The van der Waals surface area contributed by atoms with Crippen molar-refractivity contribution in [1.29, 1.82) is 0 Å². The van der Waals surface area contributed by atoms with Gasteiger partial charge in [-0.05, 0) is 29.6 Å². The summed E-state index contributed by atoms with van der Waals surface area (Å²) in [6.07, 6.45) is 5.29. The van der Waals surface area contributed by atoms with Crippen molar-refractivity contribution in [3.63, 3.8) is 0 Å². The molecule has 0 unspecified atom stereocenters. The summed E-state index contributed by atoms with van der Waals surface area (Å²) in [4.78, 5) is 14.9. The van der Waals surface area contributed by atoms with E-state index in [0.717, 1.165) is 27.3 Å². The van der Waals surface area contributed by atoms with Gasteiger partial charge >= 0.3 is 5.65 Å². The van der Waals surface area contributed by atoms with E-state index in [1.165, 1.54) is 26.6 Å². The molecule has 6 aromatic rings. The second-order valence-corrected chi connectivity index (χ2v) is 7.64. The molecule has 0 N–H and O–H groups in total. The van der Waals surface area contributed by atoms with Crippen LogP contribution in [0.15, 0.2) is 53.6 Å². The van der Waals surface area contributed by atoms with E-state index in [0.29, 0.717) is 0 Å². The van der Waals surface area contributed by atoms with E-state index in [9.17, 15) is 0 Å². The fourth-order valence-corrected chi connectivity index (χ4v) is 5.02. The molecule has 6 rings (SSSR count). The van der Waals surface area contributed by atoms with Crippen molar-refractivity contribution in [2.75, 3.05) is 0 Å². The predicted octanol–water partition coefficient (Wildman–Crippen LogP) is 4.04. The van der Waals surface area contributed by atoms with E-state index >= 15 is 0 Å². The Morgan fingerprint density at radius 1 is 1.11 bits per heavy atom. The summed E-state index contributed by atoms with van der Waals surface area (Å²) in [6.45, 7) is 2.14. The number of imidazole rings is 1. The van der Waals surface area contributed by atoms with Crippen molar-refractivity contribution < 1.29 is 9.09 Å². The largest absolute Gasteiger partial charge is 0.377 e. The van der Waals surface area contributed by atoms with Gasteiger partial charge in [0.05, 0.1) is 7.05 Å². The maximum Gasteiger partial charge on any atom is 0.312 e. The van der Waals surface area contributed by atoms with Crippen molar-refractivity contribution in [3.8, 4) is 11.3 Å². The molecular weight excluding hydrogens is 358 g/mol. The van der Waals surface area contributed by atoms with Crippen LogP contribution in [0.5, 0.6) is 0 Å². The van der Waals surface area contributed by atoms with Crippen molar-refractivity contribution in [2.45, 2.75) is 6.92 Å². The number of rotatable bonds is 1. The van der Waals surface area contributed by atoms with Crippen molar-refractivity contribution in [1.82, 2.24) is 19.5 Å². The normalized spacial score (nSPS) is 12.1. The molecule has 0 fully saturated rings. The lowest BCUT2D eigenvalue weighted by Crippen LogP contribution is -2.32. The lowest BCUT2D eigenvalue weighted by atomic mass is 10.0. The van der Waals surface area contributed by atoms with E-state index in [1.54, 1.807) is 22.2 Å². The van der Waals surface area contributed by atoms with Gasteiger partial charge in [0.1, 0.15) is 11.1 Å². The highest BCUT2D eigenvalue weighted by atomic mass is 32.1. The number of hydrogen-bond donors (Lipinski definition) is 0. The number of benzene rings is 1. The number of thiophene rings is 1. The van der Waals surface area contributed by atoms with Crippen LogP contribution < -0.4 is 4.57 Å². The third-order valence-corrected chi connectivity index (χ3v) is 6.16. The van der Waals surface area contributed by atoms with Gasteiger partial charge in [0.2, 0.25) is 0 Å². The van der Waals surface area contributed by atoms with Crippen LogP contribution in [0.25, 0.3) is 48.4 Å². The third kappa shape index (κ3) is 1.89. The van der Waals surface area contributed by atoms with Gasteiger partial charge in [-0.25, -0.2) is 14.5 Å². The first kappa shape index (κ1) is 14.8. The molecule has 0 aliphatic rings. The molecule has 0 aliphatic carbocycles. The van der Waals surface area contributed by atoms with Crippen LogP contribution in [0.1, 0.15) is 5.56 Å². The average molecular weight is 372 g/mol. The topological polar surface area (TPSA) is 60.1 Å². The lowest BCUT2D eigenvalue weighted by molar-refractivity contribution is -0.662. The first-order valence-corrected chi connectivity index (χ1v) is 9.42. The Balaban J connectivity index is 1.82. The van der Waals surface area contributed by atoms with Crippen LogP contribution in [0, 0.1) is 6.92 Å². The van der Waals surface area contributed by atoms with Crippen molar-refractivity contribution >= 4 is 48.5 Å². The maximum atomic E-state index is 5.54. The summed E-state index contributed by atoms with van der Waals surface area (Å²) in [6, 6.07) is 10.3. The van der Waals surface area contributed by atoms with Gasteiger partial charge in [-0.1, -0.05) is 12.1 Å². The van der Waals surface area contributed by atoms with E-state index in [2.05, 4.69) is 35.1 Å². The molecule has 5 aromatic heterocycles. The minimum absolute atomic E-state index is 0.721. The molecule has 0 saturated heterocycles. The second kappa shape index (κ2) is 5.11. The van der Waals surface area contributed by atoms with E-state index in [4.69, 9.17) is 9.51 Å². The summed E-state index contributed by atoms with van der Waals surface area (Å²) in [5.74, 6) is 0. The van der Waals surface area contributed by atoms with Crippen molar-refractivity contribution in [2.24, 2.45) is 7.05 Å². The minimum Gasteiger partial charge on any atom is -0.377 e. The summed E-state index contributed by atoms with van der Waals surface area (Å²) in [5.41, 5.74) is 5.72. The molecule has 0 bridgehead atoms. The van der Waals surface area contributed by atoms with E-state index in [1.807, 2.05) is 36.3 Å². The first-order chi connectivity index (χ1) is 13.2. The van der Waals surface area contributed by atoms with Gasteiger partial charge in [-0.15, -0.1) is 15.9 Å². The number of fused-ring (bicyclic) bond motifs is 6. The van der Waals surface area contributed by atoms with Crippen LogP contribution in [-0.4, -0.2) is 19.5 Å². The number of hydrogen-bond acceptors (Lipinski definition) is 5. The standard InChI is InChI=1S/C20H14N5OS/c1-11-5-6-12-13-4-3-8-21-20(13)27-18(12)15(11)17-16-19(22-10-24(17)2)25-14(23-16)7-9-26-25/h3-10H,1-2H3/q+1. The highest BCUT2D eigenvalue weighted by Gasteiger charge is 2.25. The zero-order valence-electron chi connectivity index (χ0n) is 14.7. The Labute approximate surface area is 157 Å². The van der Waals surface area contributed by atoms with Crippen LogP contribution in [0.4, 0.5) is 0 Å². The second-order valence-electron chi connectivity index (χ2n) is 6.64. The lowest BCUT2D eigenvalue weighted by Gasteiger charge is -2.08. The molecule has 27 heavy (non-hydrogen) atoms. The molecule has 1 aromatic carbocycles. The van der Waals surface area contributed by atoms with Crippen LogP contribution in [-0.2, 0) is 7.05 Å². The molecule has 0 radical (unpaired) electrons. The number of pyridine rings is 1. The maximum absolute atomic E-state index is 5.54. The van der Waals surface area contributed by atoms with Crippen LogP contribution >= 0.6 is 11.3 Å². The van der Waals surface area contributed by atoms with Gasteiger partial charge < -0.3 is 4.52 Å². The predicted molar refractivity (Wildman–Crippen MR) is 105 cm³/mol. The minimum atomic E-state index is 0.721. The van der Waals surface area contributed by atoms with E-state index < -0.39 is 0 Å². The zero-order valence-corrected chi connectivity index (χ0v) is 15.5. The molecule has 0 spiro atoms. The number of nitrogens with zero attached hydrogens (tertiary/aromatic N) is 5. The molecule has 7 heteroatoms. The van der Waals surface area contributed by atoms with Gasteiger partial charge in [0.25, 0.3) is 6.33 Å². The first-order valence-electron chi connectivity index (χ1n) is 8.60. The van der Waals surface area contributed by atoms with Crippen LogP contribution in [0.2, 0.25) is 0 Å². The molecule has 6 nitrogen and oxygen atoms in total. The Hall–Kier alpha value is -3.32. The highest BCUT2D eigenvalue weighted by molar-refractivity contribution is 7.26. The van der Waals surface area contributed by atoms with Crippen molar-refractivity contribution in [3.05, 3.63) is 54.7 Å². The fraction of sp³-hybridized carbons (Fsp3) is 0.100. The van der Waals surface area contributed by atoms with E-state index in [-0.39, 0.29) is 0 Å². The summed E-state index contributed by atoms with van der Waals surface area (Å²) < 4.78 is 10.5.